The number of carbonyl (C=O) groups is 1. The molecule has 0 bridgehead atoms. The van der Waals surface area contributed by atoms with E-state index in [9.17, 15) is 9.00 Å². The van der Waals surface area contributed by atoms with Gasteiger partial charge in [0.15, 0.2) is 0 Å². The first kappa shape index (κ1) is 22.2. The van der Waals surface area contributed by atoms with Gasteiger partial charge in [0.1, 0.15) is 5.60 Å². The molecule has 1 fully saturated rings. The Kier molecular flexibility index (Phi) is 5.86. The molecule has 1 aromatic heterocycles. The van der Waals surface area contributed by atoms with Gasteiger partial charge in [-0.2, -0.15) is 0 Å². The third kappa shape index (κ3) is 4.82. The molecule has 2 heterocycles. The molecule has 1 N–H and O–H groups in total. The second kappa shape index (κ2) is 7.65. The van der Waals surface area contributed by atoms with Crippen molar-refractivity contribution in [3.8, 4) is 0 Å². The molecule has 29 heavy (non-hydrogen) atoms. The van der Waals surface area contributed by atoms with Crippen molar-refractivity contribution in [3.05, 3.63) is 29.1 Å². The summed E-state index contributed by atoms with van der Waals surface area (Å²) in [7, 11) is -1.18. The number of pyridine rings is 1. The van der Waals surface area contributed by atoms with Crippen LogP contribution in [0.2, 0.25) is 0 Å². The molecule has 0 saturated carbocycles. The van der Waals surface area contributed by atoms with E-state index >= 15 is 0 Å². The van der Waals surface area contributed by atoms with Crippen LogP contribution in [0.4, 0.5) is 4.79 Å². The van der Waals surface area contributed by atoms with Gasteiger partial charge in [0, 0.05) is 25.0 Å². The summed E-state index contributed by atoms with van der Waals surface area (Å²) >= 11 is 0. The fourth-order valence-corrected chi connectivity index (χ4v) is 5.13. The van der Waals surface area contributed by atoms with E-state index in [2.05, 4.69) is 15.8 Å². The SMILES string of the molecule is Cc1cnc2c(c1)[C@H](N[S@@](=O)C(C)(C)C)C1(CCN(C(=O)OC(C)(C)C)CC1)C2. The maximum absolute atomic E-state index is 13.0. The second-order valence-corrected chi connectivity index (χ2v) is 12.5. The van der Waals surface area contributed by atoms with Crippen molar-refractivity contribution in [1.82, 2.24) is 14.6 Å². The Morgan fingerprint density at radius 1 is 1.24 bits per heavy atom. The summed E-state index contributed by atoms with van der Waals surface area (Å²) in [4.78, 5) is 19.0. The molecule has 2 aliphatic rings. The molecule has 0 unspecified atom stereocenters. The van der Waals surface area contributed by atoms with Crippen LogP contribution >= 0.6 is 0 Å². The third-order valence-electron chi connectivity index (χ3n) is 5.78. The number of nitrogens with zero attached hydrogens (tertiary/aromatic N) is 2. The smallest absolute Gasteiger partial charge is 0.410 e. The van der Waals surface area contributed by atoms with Gasteiger partial charge < -0.3 is 9.64 Å². The van der Waals surface area contributed by atoms with Gasteiger partial charge in [-0.25, -0.2) is 13.7 Å². The lowest BCUT2D eigenvalue weighted by atomic mass is 9.73. The Bertz CT molecular complexity index is 803. The highest BCUT2D eigenvalue weighted by Crippen LogP contribution is 2.52. The number of rotatable bonds is 2. The van der Waals surface area contributed by atoms with Gasteiger partial charge in [0.25, 0.3) is 0 Å². The van der Waals surface area contributed by atoms with Gasteiger partial charge >= 0.3 is 6.09 Å². The van der Waals surface area contributed by atoms with E-state index in [4.69, 9.17) is 4.74 Å². The van der Waals surface area contributed by atoms with Crippen LogP contribution in [-0.4, -0.2) is 43.6 Å². The van der Waals surface area contributed by atoms with Crippen molar-refractivity contribution in [1.29, 1.82) is 0 Å². The topological polar surface area (TPSA) is 71.5 Å². The molecule has 3 rings (SSSR count). The number of aryl methyl sites for hydroxylation is 1. The van der Waals surface area contributed by atoms with Crippen molar-refractivity contribution >= 4 is 17.1 Å². The lowest BCUT2D eigenvalue weighted by molar-refractivity contribution is 0.00719. The van der Waals surface area contributed by atoms with E-state index in [-0.39, 0.29) is 22.3 Å². The molecule has 1 saturated heterocycles. The van der Waals surface area contributed by atoms with Gasteiger partial charge in [0.05, 0.1) is 21.8 Å². The van der Waals surface area contributed by atoms with Crippen molar-refractivity contribution in [2.75, 3.05) is 13.1 Å². The van der Waals surface area contributed by atoms with Crippen molar-refractivity contribution in [3.63, 3.8) is 0 Å². The maximum atomic E-state index is 13.0. The summed E-state index contributed by atoms with van der Waals surface area (Å²) in [6.45, 7) is 14.9. The van der Waals surface area contributed by atoms with Crippen LogP contribution in [0.25, 0.3) is 0 Å². The van der Waals surface area contributed by atoms with Crippen LogP contribution in [0.3, 0.4) is 0 Å². The van der Waals surface area contributed by atoms with Gasteiger partial charge in [-0.1, -0.05) is 6.07 Å². The molecule has 1 aliphatic heterocycles. The molecule has 2 atom stereocenters. The number of amides is 1. The Balaban J connectivity index is 1.82. The minimum absolute atomic E-state index is 0.0225. The van der Waals surface area contributed by atoms with Crippen LogP contribution in [-0.2, 0) is 22.1 Å². The maximum Gasteiger partial charge on any atom is 0.410 e. The predicted octanol–water partition coefficient (Wildman–Crippen LogP) is 4.06. The highest BCUT2D eigenvalue weighted by molar-refractivity contribution is 7.84. The molecule has 1 aromatic rings. The summed E-state index contributed by atoms with van der Waals surface area (Å²) in [5, 5.41) is 0. The first-order valence-electron chi connectivity index (χ1n) is 10.4. The second-order valence-electron chi connectivity index (χ2n) is 10.5. The Morgan fingerprint density at radius 3 is 2.41 bits per heavy atom. The zero-order chi connectivity index (χ0) is 21.6. The quantitative estimate of drug-likeness (QED) is 0.782. The standard InChI is InChI=1S/C22H35N3O3S/c1-15-12-16-17(23-14-15)13-22(18(16)24-29(27)21(5,6)7)8-10-25(11-9-22)19(26)28-20(2,3)4/h12,14,18,24H,8-11,13H2,1-7H3/t18-,29-/m0/s1. The van der Waals surface area contributed by atoms with E-state index < -0.39 is 16.6 Å². The Morgan fingerprint density at radius 2 is 1.86 bits per heavy atom. The summed E-state index contributed by atoms with van der Waals surface area (Å²) < 4.78 is 21.6. The van der Waals surface area contributed by atoms with Gasteiger partial charge in [0.2, 0.25) is 0 Å². The summed E-state index contributed by atoms with van der Waals surface area (Å²) in [5.74, 6) is 0. The zero-order valence-electron chi connectivity index (χ0n) is 18.8. The molecule has 162 valence electrons. The number of carbonyl (C=O) groups excluding carboxylic acids is 1. The van der Waals surface area contributed by atoms with Crippen molar-refractivity contribution in [2.24, 2.45) is 5.41 Å². The Hall–Kier alpha value is -1.47. The number of hydrogen-bond donors (Lipinski definition) is 1. The van der Waals surface area contributed by atoms with Gasteiger partial charge in [-0.05, 0) is 84.3 Å². The lowest BCUT2D eigenvalue weighted by Crippen LogP contribution is -2.49. The van der Waals surface area contributed by atoms with E-state index in [1.807, 2.05) is 54.7 Å². The zero-order valence-corrected chi connectivity index (χ0v) is 19.6. The molecule has 1 aliphatic carbocycles. The minimum Gasteiger partial charge on any atom is -0.444 e. The van der Waals surface area contributed by atoms with E-state index in [0.717, 1.165) is 36.1 Å². The number of fused-ring (bicyclic) bond motifs is 1. The first-order valence-corrected chi connectivity index (χ1v) is 11.6. The van der Waals surface area contributed by atoms with Gasteiger partial charge in [-0.3, -0.25) is 4.98 Å². The average Bonchev–Trinajstić information content (AvgIpc) is 2.86. The van der Waals surface area contributed by atoms with Crippen LogP contribution in [0.15, 0.2) is 12.3 Å². The summed E-state index contributed by atoms with van der Waals surface area (Å²) in [6.07, 6.45) is 4.18. The fraction of sp³-hybridized carbons (Fsp3) is 0.727. The van der Waals surface area contributed by atoms with Crippen LogP contribution in [0, 0.1) is 12.3 Å². The lowest BCUT2D eigenvalue weighted by Gasteiger charge is -2.43. The molecule has 1 amide bonds. The average molecular weight is 422 g/mol. The minimum atomic E-state index is -1.18. The number of hydrogen-bond acceptors (Lipinski definition) is 4. The molecule has 1 spiro atoms. The molecule has 0 aromatic carbocycles. The predicted molar refractivity (Wildman–Crippen MR) is 116 cm³/mol. The third-order valence-corrected chi connectivity index (χ3v) is 7.34. The Labute approximate surface area is 177 Å². The van der Waals surface area contributed by atoms with Gasteiger partial charge in [-0.15, -0.1) is 0 Å². The monoisotopic (exact) mass is 421 g/mol. The molecule has 6 nitrogen and oxygen atoms in total. The molecule has 7 heteroatoms. The normalized spacial score (nSPS) is 22.4. The number of aromatic nitrogens is 1. The van der Waals surface area contributed by atoms with E-state index in [1.165, 1.54) is 0 Å². The van der Waals surface area contributed by atoms with Crippen LogP contribution in [0.1, 0.15) is 77.2 Å². The largest absolute Gasteiger partial charge is 0.444 e. The number of nitrogens with one attached hydrogen (secondary N) is 1. The molecular weight excluding hydrogens is 386 g/mol. The molecular formula is C22H35N3O3S. The highest BCUT2D eigenvalue weighted by atomic mass is 32.2. The van der Waals surface area contributed by atoms with Crippen molar-refractivity contribution in [2.45, 2.75) is 84.1 Å². The van der Waals surface area contributed by atoms with E-state index in [0.29, 0.717) is 13.1 Å². The highest BCUT2D eigenvalue weighted by Gasteiger charge is 2.50. The number of likely N-dealkylation sites (tertiary alicyclic amines) is 1. The number of piperidine rings is 1. The van der Waals surface area contributed by atoms with Crippen LogP contribution < -0.4 is 4.72 Å². The van der Waals surface area contributed by atoms with Crippen molar-refractivity contribution < 1.29 is 13.7 Å². The van der Waals surface area contributed by atoms with E-state index in [1.54, 1.807) is 4.90 Å². The summed E-state index contributed by atoms with van der Waals surface area (Å²) in [5.41, 5.74) is 2.78. The molecule has 0 radical (unpaired) electrons. The first-order chi connectivity index (χ1) is 13.3. The fourth-order valence-electron chi connectivity index (χ4n) is 4.18. The summed E-state index contributed by atoms with van der Waals surface area (Å²) in [6, 6.07) is 2.15. The van der Waals surface area contributed by atoms with Crippen LogP contribution in [0.5, 0.6) is 0 Å². The number of ether oxygens (including phenoxy) is 1.